The third-order valence-electron chi connectivity index (χ3n) is 2.66. The van der Waals surface area contributed by atoms with E-state index in [4.69, 9.17) is 4.89 Å². The molecule has 0 bridgehead atoms. The summed E-state index contributed by atoms with van der Waals surface area (Å²) in [6.07, 6.45) is 3.75. The minimum atomic E-state index is -2.29. The van der Waals surface area contributed by atoms with Crippen molar-refractivity contribution in [3.05, 3.63) is 0 Å². The lowest BCUT2D eigenvalue weighted by molar-refractivity contribution is -0.125. The van der Waals surface area contributed by atoms with E-state index in [1.807, 2.05) is 6.92 Å². The summed E-state index contributed by atoms with van der Waals surface area (Å²) in [6, 6.07) is 0. The molecule has 0 spiro atoms. The third-order valence-corrected chi connectivity index (χ3v) is 3.22. The van der Waals surface area contributed by atoms with Crippen LogP contribution in [0.4, 0.5) is 0 Å². The fraction of sp³-hybridized carbons (Fsp3) is 0.875. The highest BCUT2D eigenvalue weighted by atomic mass is 31.1. The van der Waals surface area contributed by atoms with Crippen molar-refractivity contribution < 1.29 is 14.3 Å². The summed E-state index contributed by atoms with van der Waals surface area (Å²) in [5, 5.41) is 0. The first-order chi connectivity index (χ1) is 5.54. The zero-order valence-electron chi connectivity index (χ0n) is 7.25. The van der Waals surface area contributed by atoms with Crippen LogP contribution in [-0.4, -0.2) is 16.8 Å². The van der Waals surface area contributed by atoms with E-state index in [1.165, 1.54) is 0 Å². The molecule has 0 aliphatic heterocycles. The topological polar surface area (TPSA) is 54.4 Å². The van der Waals surface area contributed by atoms with Crippen LogP contribution in [0.25, 0.3) is 0 Å². The van der Waals surface area contributed by atoms with E-state index in [1.54, 1.807) is 0 Å². The van der Waals surface area contributed by atoms with Gasteiger partial charge in [0.2, 0.25) is 6.16 Å². The zero-order chi connectivity index (χ0) is 9.19. The second-order valence-electron chi connectivity index (χ2n) is 3.70. The first-order valence-electron chi connectivity index (χ1n) is 4.21. The number of hydrogen-bond donors (Lipinski definition) is 1. The van der Waals surface area contributed by atoms with Crippen LogP contribution >= 0.6 is 8.03 Å². The average Bonchev–Trinajstić information content (AvgIpc) is 2.36. The Morgan fingerprint density at radius 3 is 2.42 bits per heavy atom. The highest BCUT2D eigenvalue weighted by Crippen LogP contribution is 2.39. The van der Waals surface area contributed by atoms with Gasteiger partial charge in [0.05, 0.1) is 0 Å². The van der Waals surface area contributed by atoms with E-state index < -0.39 is 8.03 Å². The summed E-state index contributed by atoms with van der Waals surface area (Å²) in [7, 11) is -2.29. The maximum Gasteiger partial charge on any atom is 0.513 e. The lowest BCUT2D eigenvalue weighted by atomic mass is 9.85. The average molecular weight is 189 g/mol. The van der Waals surface area contributed by atoms with Crippen molar-refractivity contribution in [3.8, 4) is 0 Å². The van der Waals surface area contributed by atoms with Crippen LogP contribution in [0.1, 0.15) is 32.6 Å². The second kappa shape index (κ2) is 3.63. The van der Waals surface area contributed by atoms with Gasteiger partial charge < -0.3 is 0 Å². The van der Waals surface area contributed by atoms with E-state index in [-0.39, 0.29) is 17.4 Å². The third kappa shape index (κ3) is 2.11. The monoisotopic (exact) mass is 189 g/mol. The molecule has 0 aromatic carbocycles. The van der Waals surface area contributed by atoms with Crippen molar-refractivity contribution in [1.82, 2.24) is 0 Å². The van der Waals surface area contributed by atoms with Crippen molar-refractivity contribution >= 4 is 13.8 Å². The molecule has 1 atom stereocenters. The Labute approximate surface area is 73.0 Å². The van der Waals surface area contributed by atoms with Gasteiger partial charge in [-0.2, -0.15) is 4.89 Å². The Morgan fingerprint density at radius 2 is 2.00 bits per heavy atom. The fourth-order valence-electron chi connectivity index (χ4n) is 1.75. The molecule has 4 heteroatoms. The Hall–Kier alpha value is -0.270. The molecule has 0 saturated heterocycles. The zero-order valence-corrected chi connectivity index (χ0v) is 8.14. The first kappa shape index (κ1) is 9.82. The molecular formula is C8H14O3P+. The predicted molar refractivity (Wildman–Crippen MR) is 46.3 cm³/mol. The van der Waals surface area contributed by atoms with Gasteiger partial charge >= 0.3 is 8.03 Å². The molecule has 1 aliphatic rings. The van der Waals surface area contributed by atoms with Crippen LogP contribution in [-0.2, 0) is 9.36 Å². The number of carbonyl (C=O) groups excluding carboxylic acids is 1. The second-order valence-corrected chi connectivity index (χ2v) is 4.72. The fourth-order valence-corrected chi connectivity index (χ4v) is 2.38. The summed E-state index contributed by atoms with van der Waals surface area (Å²) >= 11 is 0. The molecule has 0 aromatic rings. The summed E-state index contributed by atoms with van der Waals surface area (Å²) in [5.41, 5.74) is -0.298. The maximum atomic E-state index is 11.4. The van der Waals surface area contributed by atoms with E-state index in [9.17, 15) is 9.36 Å². The van der Waals surface area contributed by atoms with Crippen LogP contribution in [0.3, 0.4) is 0 Å². The van der Waals surface area contributed by atoms with Crippen LogP contribution in [0.15, 0.2) is 0 Å². The van der Waals surface area contributed by atoms with Gasteiger partial charge in [-0.15, -0.1) is 0 Å². The lowest BCUT2D eigenvalue weighted by Gasteiger charge is -2.18. The molecule has 1 saturated carbocycles. The largest absolute Gasteiger partial charge is 0.513 e. The molecule has 3 nitrogen and oxygen atoms in total. The first-order valence-corrected chi connectivity index (χ1v) is 5.61. The molecule has 0 amide bonds. The predicted octanol–water partition coefficient (Wildman–Crippen LogP) is 1.87. The molecule has 68 valence electrons. The lowest BCUT2D eigenvalue weighted by Crippen LogP contribution is -2.25. The summed E-state index contributed by atoms with van der Waals surface area (Å²) in [4.78, 5) is 20.0. The Kier molecular flexibility index (Phi) is 2.97. The van der Waals surface area contributed by atoms with Gasteiger partial charge in [-0.25, -0.2) is 0 Å². The van der Waals surface area contributed by atoms with Gasteiger partial charge in [-0.3, -0.25) is 4.79 Å². The molecule has 1 aliphatic carbocycles. The van der Waals surface area contributed by atoms with Crippen molar-refractivity contribution in [2.75, 3.05) is 6.16 Å². The minimum absolute atomic E-state index is 0.0383. The quantitative estimate of drug-likeness (QED) is 0.689. The molecule has 12 heavy (non-hydrogen) atoms. The molecule has 1 N–H and O–H groups in total. The Morgan fingerprint density at radius 1 is 1.50 bits per heavy atom. The standard InChI is InChI=1S/C8H13O3P/c1-8(4-2-3-5-8)7(9)6-12(10)11/h2-6H2,1H3/p+1. The van der Waals surface area contributed by atoms with Crippen LogP contribution in [0, 0.1) is 5.41 Å². The normalized spacial score (nSPS) is 22.3. The van der Waals surface area contributed by atoms with Crippen molar-refractivity contribution in [2.45, 2.75) is 32.6 Å². The highest BCUT2D eigenvalue weighted by Gasteiger charge is 2.39. The molecule has 1 rings (SSSR count). The van der Waals surface area contributed by atoms with Gasteiger partial charge in [0.15, 0.2) is 5.78 Å². The molecule has 1 fully saturated rings. The van der Waals surface area contributed by atoms with Crippen molar-refractivity contribution in [2.24, 2.45) is 5.41 Å². The summed E-state index contributed by atoms with van der Waals surface area (Å²) in [6.45, 7) is 1.90. The van der Waals surface area contributed by atoms with Gasteiger partial charge in [0.1, 0.15) is 0 Å². The Bertz CT molecular complexity index is 206. The molecular weight excluding hydrogens is 175 g/mol. The van der Waals surface area contributed by atoms with Crippen LogP contribution in [0.5, 0.6) is 0 Å². The van der Waals surface area contributed by atoms with Gasteiger partial charge in [0, 0.05) is 5.41 Å². The van der Waals surface area contributed by atoms with E-state index >= 15 is 0 Å². The number of ketones is 1. The van der Waals surface area contributed by atoms with Crippen LogP contribution < -0.4 is 0 Å². The number of carbonyl (C=O) groups is 1. The van der Waals surface area contributed by atoms with E-state index in [0.717, 1.165) is 25.7 Å². The number of rotatable bonds is 3. The van der Waals surface area contributed by atoms with E-state index in [2.05, 4.69) is 0 Å². The van der Waals surface area contributed by atoms with Gasteiger partial charge in [-0.1, -0.05) is 19.8 Å². The van der Waals surface area contributed by atoms with E-state index in [0.29, 0.717) is 0 Å². The minimum Gasteiger partial charge on any atom is -0.294 e. The van der Waals surface area contributed by atoms with Gasteiger partial charge in [0.25, 0.3) is 0 Å². The number of Topliss-reactive ketones (excluding diaryl/α,β-unsaturated/α-hetero) is 1. The van der Waals surface area contributed by atoms with Crippen molar-refractivity contribution in [3.63, 3.8) is 0 Å². The molecule has 0 heterocycles. The summed E-state index contributed by atoms with van der Waals surface area (Å²) in [5.74, 6) is -0.0383. The maximum absolute atomic E-state index is 11.4. The SMILES string of the molecule is CC1(C(=O)C[P+](=O)O)CCCC1. The smallest absolute Gasteiger partial charge is 0.294 e. The van der Waals surface area contributed by atoms with Crippen LogP contribution in [0.2, 0.25) is 0 Å². The number of hydrogen-bond acceptors (Lipinski definition) is 2. The molecule has 1 unspecified atom stereocenters. The highest BCUT2D eigenvalue weighted by molar-refractivity contribution is 7.39. The molecule has 0 radical (unpaired) electrons. The van der Waals surface area contributed by atoms with Gasteiger partial charge in [-0.05, 0) is 17.4 Å². The summed E-state index contributed by atoms with van der Waals surface area (Å²) < 4.78 is 10.4. The molecule has 0 aromatic heterocycles. The van der Waals surface area contributed by atoms with Crippen molar-refractivity contribution in [1.29, 1.82) is 0 Å². The Balaban J connectivity index is 2.56.